The molecule has 0 aromatic rings. The summed E-state index contributed by atoms with van der Waals surface area (Å²) in [6.45, 7) is 16.1. The fraction of sp³-hybridized carbons (Fsp3) is 0.826. The monoisotopic (exact) mass is 430 g/mol. The molecule has 30 heavy (non-hydrogen) atoms. The first-order valence-electron chi connectivity index (χ1n) is 11.4. The van der Waals surface area contributed by atoms with Crippen molar-refractivity contribution in [1.82, 2.24) is 5.01 Å². The van der Waals surface area contributed by atoms with E-state index in [1.807, 2.05) is 27.7 Å². The van der Waals surface area contributed by atoms with Gasteiger partial charge in [0, 0.05) is 11.9 Å². The highest BCUT2D eigenvalue weighted by Crippen LogP contribution is 2.27. The first-order valence-corrected chi connectivity index (χ1v) is 11.4. The maximum atomic E-state index is 10.5. The van der Waals surface area contributed by atoms with Gasteiger partial charge < -0.3 is 26.4 Å². The number of nitrogens with zero attached hydrogens (tertiary/aromatic N) is 1. The van der Waals surface area contributed by atoms with E-state index < -0.39 is 12.0 Å². The number of aliphatic carboxylic acids is 1. The molecule has 0 heterocycles. The Kier molecular flexibility index (Phi) is 22.8. The van der Waals surface area contributed by atoms with Crippen molar-refractivity contribution in [3.8, 4) is 0 Å². The second kappa shape index (κ2) is 20.7. The second-order valence-corrected chi connectivity index (χ2v) is 8.59. The summed E-state index contributed by atoms with van der Waals surface area (Å²) in [5.74, 6) is 6.41. The lowest BCUT2D eigenvalue weighted by Crippen LogP contribution is -2.37. The average Bonchev–Trinajstić information content (AvgIpc) is 2.69. The van der Waals surface area contributed by atoms with E-state index >= 15 is 0 Å². The van der Waals surface area contributed by atoms with E-state index in [9.17, 15) is 9.59 Å². The highest BCUT2D eigenvalue weighted by atomic mass is 16.4. The summed E-state index contributed by atoms with van der Waals surface area (Å²) < 4.78 is 0. The van der Waals surface area contributed by atoms with E-state index in [1.54, 1.807) is 13.1 Å². The molecular weight excluding hydrogens is 380 g/mol. The first kappa shape index (κ1) is 33.0. The highest BCUT2D eigenvalue weighted by Gasteiger charge is 2.17. The molecule has 1 fully saturated rings. The summed E-state index contributed by atoms with van der Waals surface area (Å²) in [4.78, 5) is 20.6. The van der Waals surface area contributed by atoms with Crippen LogP contribution in [0.2, 0.25) is 0 Å². The molecule has 7 heteroatoms. The fourth-order valence-corrected chi connectivity index (χ4v) is 2.51. The molecule has 1 aliphatic carbocycles. The van der Waals surface area contributed by atoms with Gasteiger partial charge in [0.25, 0.3) is 0 Å². The standard InChI is InChI=1S/C11H21N3O.C6H13NO2.C4H10.C2H6/c1-9(8-15)14(13)7-11(12)10-5-3-2-4-6-10;1-4(2)3-5(7)6(8)9;1-4(2)3;1-2/h7-10H,2-6,12-13H2,1H3;4-5H,3,7H2,1-2H3,(H,8,9);4H,1-3H3;1-2H3/b11-7-;;;/t9-;5-;;/m00../s1. The molecule has 7 N–H and O–H groups in total. The minimum absolute atomic E-state index is 0.313. The van der Waals surface area contributed by atoms with Gasteiger partial charge in [-0.25, -0.2) is 5.84 Å². The van der Waals surface area contributed by atoms with Gasteiger partial charge in [-0.05, 0) is 43.9 Å². The van der Waals surface area contributed by atoms with Crippen LogP contribution in [0, 0.1) is 17.8 Å². The van der Waals surface area contributed by atoms with Crippen molar-refractivity contribution in [3.05, 3.63) is 11.9 Å². The average molecular weight is 431 g/mol. The van der Waals surface area contributed by atoms with Crippen LogP contribution in [0.25, 0.3) is 0 Å². The van der Waals surface area contributed by atoms with Crippen molar-refractivity contribution < 1.29 is 14.7 Å². The third-order valence-corrected chi connectivity index (χ3v) is 4.08. The van der Waals surface area contributed by atoms with E-state index in [-0.39, 0.29) is 6.04 Å². The summed E-state index contributed by atoms with van der Waals surface area (Å²) in [5, 5.41) is 9.69. The van der Waals surface area contributed by atoms with Crippen LogP contribution in [-0.4, -0.2) is 34.5 Å². The number of carbonyl (C=O) groups is 2. The number of carboxylic acid groups (broad SMARTS) is 1. The topological polar surface area (TPSA) is 136 Å². The molecule has 0 saturated heterocycles. The molecule has 180 valence electrons. The number of nitrogens with two attached hydrogens (primary N) is 3. The molecule has 2 atom stereocenters. The molecule has 1 rings (SSSR count). The van der Waals surface area contributed by atoms with Crippen LogP contribution >= 0.6 is 0 Å². The van der Waals surface area contributed by atoms with Crippen molar-refractivity contribution in [2.45, 2.75) is 106 Å². The zero-order valence-electron chi connectivity index (χ0n) is 20.7. The number of carboxylic acids is 1. The second-order valence-electron chi connectivity index (χ2n) is 8.59. The van der Waals surface area contributed by atoms with Crippen LogP contribution < -0.4 is 17.3 Å². The molecule has 0 bridgehead atoms. The first-order chi connectivity index (χ1) is 13.9. The van der Waals surface area contributed by atoms with Crippen LogP contribution in [0.1, 0.15) is 93.9 Å². The lowest BCUT2D eigenvalue weighted by Gasteiger charge is -2.25. The van der Waals surface area contributed by atoms with Gasteiger partial charge in [-0.1, -0.05) is 67.7 Å². The highest BCUT2D eigenvalue weighted by molar-refractivity contribution is 5.72. The Morgan fingerprint density at radius 1 is 1.07 bits per heavy atom. The number of hydrogen-bond donors (Lipinski definition) is 4. The van der Waals surface area contributed by atoms with E-state index in [2.05, 4.69) is 20.8 Å². The minimum atomic E-state index is -0.913. The summed E-state index contributed by atoms with van der Waals surface area (Å²) in [7, 11) is 0. The Morgan fingerprint density at radius 2 is 1.50 bits per heavy atom. The predicted molar refractivity (Wildman–Crippen MR) is 127 cm³/mol. The quantitative estimate of drug-likeness (QED) is 0.269. The van der Waals surface area contributed by atoms with Crippen LogP contribution in [-0.2, 0) is 9.59 Å². The molecule has 0 aromatic carbocycles. The third-order valence-electron chi connectivity index (χ3n) is 4.08. The van der Waals surface area contributed by atoms with Crippen molar-refractivity contribution in [3.63, 3.8) is 0 Å². The van der Waals surface area contributed by atoms with Gasteiger partial charge in [0.05, 0.1) is 6.04 Å². The number of hydrazine groups is 1. The normalized spacial score (nSPS) is 16.1. The van der Waals surface area contributed by atoms with Crippen LogP contribution in [0.15, 0.2) is 11.9 Å². The van der Waals surface area contributed by atoms with Gasteiger partial charge in [-0.3, -0.25) is 4.79 Å². The maximum absolute atomic E-state index is 10.5. The Morgan fingerprint density at radius 3 is 1.80 bits per heavy atom. The van der Waals surface area contributed by atoms with E-state index in [0.717, 1.165) is 30.7 Å². The van der Waals surface area contributed by atoms with Gasteiger partial charge >= 0.3 is 5.97 Å². The summed E-state index contributed by atoms with van der Waals surface area (Å²) in [6, 6.07) is -1.00. The SMILES string of the molecule is CC.CC(C)C.CC(C)C[C@H](N)C(=O)O.C[C@@H](C=O)N(N)/C=C(\N)C1CCCCC1. The largest absolute Gasteiger partial charge is 0.480 e. The molecule has 0 spiro atoms. The molecule has 0 unspecified atom stereocenters. The molecule has 0 aliphatic heterocycles. The zero-order valence-corrected chi connectivity index (χ0v) is 20.7. The maximum Gasteiger partial charge on any atom is 0.320 e. The predicted octanol–water partition coefficient (Wildman–Crippen LogP) is 4.26. The Balaban J connectivity index is -0.000000414. The van der Waals surface area contributed by atoms with Crippen LogP contribution in [0.3, 0.4) is 0 Å². The summed E-state index contributed by atoms with van der Waals surface area (Å²) in [5.41, 5.74) is 12.0. The van der Waals surface area contributed by atoms with Gasteiger partial charge in [-0.2, -0.15) is 0 Å². The third kappa shape index (κ3) is 21.1. The van der Waals surface area contributed by atoms with Gasteiger partial charge in [0.1, 0.15) is 12.3 Å². The summed E-state index contributed by atoms with van der Waals surface area (Å²) >= 11 is 0. The van der Waals surface area contributed by atoms with Crippen LogP contribution in [0.5, 0.6) is 0 Å². The number of rotatable bonds is 7. The number of carbonyl (C=O) groups excluding carboxylic acids is 1. The molecule has 7 nitrogen and oxygen atoms in total. The smallest absolute Gasteiger partial charge is 0.320 e. The number of allylic oxidation sites excluding steroid dienone is 1. The molecule has 0 aromatic heterocycles. The lowest BCUT2D eigenvalue weighted by atomic mass is 9.87. The molecule has 1 aliphatic rings. The Bertz CT molecular complexity index is 445. The van der Waals surface area contributed by atoms with E-state index in [4.69, 9.17) is 22.4 Å². The fourth-order valence-electron chi connectivity index (χ4n) is 2.51. The van der Waals surface area contributed by atoms with Gasteiger partial charge in [0.15, 0.2) is 0 Å². The molecule has 0 amide bonds. The van der Waals surface area contributed by atoms with Crippen molar-refractivity contribution in [1.29, 1.82) is 0 Å². The van der Waals surface area contributed by atoms with Gasteiger partial charge in [-0.15, -0.1) is 0 Å². The van der Waals surface area contributed by atoms with Crippen molar-refractivity contribution >= 4 is 12.3 Å². The Hall–Kier alpha value is -1.60. The molecule has 1 saturated carbocycles. The molecular formula is C23H50N4O3. The van der Waals surface area contributed by atoms with Crippen LogP contribution in [0.4, 0.5) is 0 Å². The number of aldehydes is 1. The number of hydrogen-bond acceptors (Lipinski definition) is 6. The minimum Gasteiger partial charge on any atom is -0.480 e. The zero-order chi connectivity index (χ0) is 24.3. The van der Waals surface area contributed by atoms with Crippen molar-refractivity contribution in [2.75, 3.05) is 0 Å². The van der Waals surface area contributed by atoms with E-state index in [1.165, 1.54) is 24.3 Å². The van der Waals surface area contributed by atoms with Crippen molar-refractivity contribution in [2.24, 2.45) is 35.1 Å². The molecule has 0 radical (unpaired) electrons. The summed E-state index contributed by atoms with van der Waals surface area (Å²) in [6.07, 6.45) is 9.15. The van der Waals surface area contributed by atoms with E-state index in [0.29, 0.717) is 18.3 Å². The Labute approximate surface area is 185 Å². The van der Waals surface area contributed by atoms with Gasteiger partial charge in [0.2, 0.25) is 0 Å². The lowest BCUT2D eigenvalue weighted by molar-refractivity contribution is -0.138.